The summed E-state index contributed by atoms with van der Waals surface area (Å²) in [4.78, 5) is 0. The molecule has 0 aliphatic carbocycles. The van der Waals surface area contributed by atoms with Crippen LogP contribution in [0.5, 0.6) is 0 Å². The molecule has 0 heterocycles. The second kappa shape index (κ2) is 4.85. The number of hydrogen-bond donors (Lipinski definition) is 0. The van der Waals surface area contributed by atoms with Crippen LogP contribution in [-0.2, 0) is 0 Å². The predicted molar refractivity (Wildman–Crippen MR) is 41.1 cm³/mol. The van der Waals surface area contributed by atoms with Gasteiger partial charge >= 0.3 is 0 Å². The van der Waals surface area contributed by atoms with Crippen LogP contribution in [0.15, 0.2) is 10.6 Å². The summed E-state index contributed by atoms with van der Waals surface area (Å²) in [6, 6.07) is 0. The summed E-state index contributed by atoms with van der Waals surface area (Å²) in [5.41, 5.74) is 0. The summed E-state index contributed by atoms with van der Waals surface area (Å²) in [6.45, 7) is 2.11. The zero-order valence-electron chi connectivity index (χ0n) is 4.25. The first-order valence-corrected chi connectivity index (χ1v) is 4.13. The largest absolute Gasteiger partial charge is 0.0883 e. The highest BCUT2D eigenvalue weighted by molar-refractivity contribution is 9.11. The van der Waals surface area contributed by atoms with E-state index in [1.165, 1.54) is 4.48 Å². The molecule has 0 fully saturated rings. The van der Waals surface area contributed by atoms with Crippen molar-refractivity contribution in [3.8, 4) is 0 Å². The Morgan fingerprint density at radius 2 is 2.29 bits per heavy atom. The lowest BCUT2D eigenvalue weighted by atomic mass is 10.4. The molecule has 0 atom stereocenters. The van der Waals surface area contributed by atoms with Gasteiger partial charge in [-0.3, -0.25) is 0 Å². The molecule has 0 aromatic carbocycles. The Morgan fingerprint density at radius 3 is 2.43 bits per heavy atom. The minimum absolute atomic E-state index is 0.946. The molecule has 0 rings (SSSR count). The highest BCUT2D eigenvalue weighted by atomic mass is 79.9. The maximum absolute atomic E-state index is 3.37. The molecule has 0 saturated carbocycles. The van der Waals surface area contributed by atoms with E-state index in [2.05, 4.69) is 44.9 Å². The average Bonchev–Trinajstić information content (AvgIpc) is 1.68. The predicted octanol–water partition coefficient (Wildman–Crippen LogP) is 3.07. The Balaban J connectivity index is 3.29. The topological polar surface area (TPSA) is 0 Å². The van der Waals surface area contributed by atoms with Crippen LogP contribution in [-0.4, -0.2) is 5.33 Å². The maximum atomic E-state index is 3.37. The first-order valence-electron chi connectivity index (χ1n) is 2.21. The first-order chi connectivity index (χ1) is 3.31. The average molecular weight is 228 g/mol. The lowest BCUT2D eigenvalue weighted by Crippen LogP contribution is -1.65. The fourth-order valence-electron chi connectivity index (χ4n) is 0.228. The van der Waals surface area contributed by atoms with E-state index in [4.69, 9.17) is 0 Å². The molecule has 0 bridgehead atoms. The van der Waals surface area contributed by atoms with Gasteiger partial charge in [0.15, 0.2) is 0 Å². The minimum Gasteiger partial charge on any atom is -0.0883 e. The van der Waals surface area contributed by atoms with E-state index in [1.807, 2.05) is 0 Å². The van der Waals surface area contributed by atoms with Gasteiger partial charge in [0.1, 0.15) is 0 Å². The van der Waals surface area contributed by atoms with E-state index in [-0.39, 0.29) is 0 Å². The molecule has 0 aliphatic heterocycles. The van der Waals surface area contributed by atoms with Crippen LogP contribution < -0.4 is 0 Å². The lowest BCUT2D eigenvalue weighted by molar-refractivity contribution is 1.20. The smallest absolute Gasteiger partial charge is 0.0222 e. The van der Waals surface area contributed by atoms with Gasteiger partial charge in [0.2, 0.25) is 0 Å². The van der Waals surface area contributed by atoms with Gasteiger partial charge in [-0.05, 0) is 10.9 Å². The van der Waals surface area contributed by atoms with Gasteiger partial charge in [0.05, 0.1) is 0 Å². The van der Waals surface area contributed by atoms with Crippen molar-refractivity contribution in [3.05, 3.63) is 10.6 Å². The fraction of sp³-hybridized carbons (Fsp3) is 0.600. The highest BCUT2D eigenvalue weighted by Crippen LogP contribution is 2.08. The zero-order chi connectivity index (χ0) is 5.70. The van der Waals surface area contributed by atoms with Crippen LogP contribution >= 0.6 is 31.9 Å². The van der Waals surface area contributed by atoms with Gasteiger partial charge in [0, 0.05) is 5.33 Å². The van der Waals surface area contributed by atoms with Gasteiger partial charge in [-0.2, -0.15) is 0 Å². The Hall–Kier alpha value is 0.700. The Morgan fingerprint density at radius 1 is 1.71 bits per heavy atom. The van der Waals surface area contributed by atoms with Crippen LogP contribution in [0.25, 0.3) is 0 Å². The summed E-state index contributed by atoms with van der Waals surface area (Å²) in [5, 5.41) is 0.946. The monoisotopic (exact) mass is 226 g/mol. The highest BCUT2D eigenvalue weighted by Gasteiger charge is 1.80. The molecule has 0 aliphatic rings. The molecule has 0 radical (unpaired) electrons. The molecule has 42 valence electrons. The molecule has 2 heteroatoms. The van der Waals surface area contributed by atoms with Gasteiger partial charge in [-0.15, -0.1) is 0 Å². The Kier molecular flexibility index (Phi) is 5.33. The molecule has 0 aromatic heterocycles. The lowest BCUT2D eigenvalue weighted by Gasteiger charge is -1.85. The van der Waals surface area contributed by atoms with Crippen LogP contribution in [0.2, 0.25) is 0 Å². The molecule has 0 spiro atoms. The molecule has 0 aromatic rings. The minimum atomic E-state index is 0.946. The molecule has 0 amide bonds. The van der Waals surface area contributed by atoms with Crippen molar-refractivity contribution in [1.29, 1.82) is 0 Å². The van der Waals surface area contributed by atoms with Gasteiger partial charge in [-0.25, -0.2) is 0 Å². The first kappa shape index (κ1) is 7.70. The zero-order valence-corrected chi connectivity index (χ0v) is 7.42. The molecule has 0 N–H and O–H groups in total. The molecule has 0 saturated heterocycles. The van der Waals surface area contributed by atoms with E-state index >= 15 is 0 Å². The third-order valence-electron chi connectivity index (χ3n) is 0.636. The van der Waals surface area contributed by atoms with Crippen molar-refractivity contribution in [1.82, 2.24) is 0 Å². The van der Waals surface area contributed by atoms with E-state index in [0.29, 0.717) is 0 Å². The second-order valence-electron chi connectivity index (χ2n) is 1.16. The Labute approximate surface area is 61.2 Å². The van der Waals surface area contributed by atoms with Gasteiger partial charge in [-0.1, -0.05) is 44.9 Å². The summed E-state index contributed by atoms with van der Waals surface area (Å²) in [6.07, 6.45) is 3.19. The SMILES string of the molecule is CC/C(Br)=C/CBr. The second-order valence-corrected chi connectivity index (χ2v) is 2.82. The van der Waals surface area contributed by atoms with Crippen molar-refractivity contribution in [2.75, 3.05) is 5.33 Å². The number of hydrogen-bond acceptors (Lipinski definition) is 0. The third kappa shape index (κ3) is 4.56. The van der Waals surface area contributed by atoms with Crippen molar-refractivity contribution in [3.63, 3.8) is 0 Å². The van der Waals surface area contributed by atoms with E-state index in [0.717, 1.165) is 11.8 Å². The van der Waals surface area contributed by atoms with Crippen LogP contribution in [0.4, 0.5) is 0 Å². The quantitative estimate of drug-likeness (QED) is 0.637. The van der Waals surface area contributed by atoms with E-state index in [1.54, 1.807) is 0 Å². The summed E-state index contributed by atoms with van der Waals surface area (Å²) in [7, 11) is 0. The van der Waals surface area contributed by atoms with Crippen LogP contribution in [0.1, 0.15) is 13.3 Å². The number of rotatable bonds is 2. The standard InChI is InChI=1S/C5H8Br2/c1-2-5(7)3-4-6/h3H,2,4H2,1H3/b5-3-. The van der Waals surface area contributed by atoms with Crippen molar-refractivity contribution >= 4 is 31.9 Å². The van der Waals surface area contributed by atoms with Crippen LogP contribution in [0, 0.1) is 0 Å². The van der Waals surface area contributed by atoms with Crippen LogP contribution in [0.3, 0.4) is 0 Å². The third-order valence-corrected chi connectivity index (χ3v) is 1.84. The maximum Gasteiger partial charge on any atom is 0.0222 e. The number of allylic oxidation sites excluding steroid dienone is 2. The molecule has 7 heavy (non-hydrogen) atoms. The molecular formula is C5H8Br2. The van der Waals surface area contributed by atoms with Gasteiger partial charge < -0.3 is 0 Å². The van der Waals surface area contributed by atoms with Crippen molar-refractivity contribution in [2.45, 2.75) is 13.3 Å². The molecule has 0 nitrogen and oxygen atoms in total. The van der Waals surface area contributed by atoms with Gasteiger partial charge in [0.25, 0.3) is 0 Å². The normalized spacial score (nSPS) is 12.1. The fourth-order valence-corrected chi connectivity index (χ4v) is 1.22. The summed E-state index contributed by atoms with van der Waals surface area (Å²) < 4.78 is 1.27. The number of alkyl halides is 1. The Bertz CT molecular complexity index is 66.5. The van der Waals surface area contributed by atoms with E-state index < -0.39 is 0 Å². The molecule has 0 unspecified atom stereocenters. The van der Waals surface area contributed by atoms with E-state index in [9.17, 15) is 0 Å². The van der Waals surface area contributed by atoms with Crippen molar-refractivity contribution < 1.29 is 0 Å². The van der Waals surface area contributed by atoms with Crippen molar-refractivity contribution in [2.24, 2.45) is 0 Å². The summed E-state index contributed by atoms with van der Waals surface area (Å²) in [5.74, 6) is 0. The summed E-state index contributed by atoms with van der Waals surface area (Å²) >= 11 is 6.65. The molecular weight excluding hydrogens is 220 g/mol. The number of halogens is 2.